The van der Waals surface area contributed by atoms with E-state index in [1.54, 1.807) is 27.9 Å². The Morgan fingerprint density at radius 3 is 2.66 bits per heavy atom. The normalized spacial score (nSPS) is 15.9. The number of rotatable bonds is 6. The molecule has 1 aliphatic rings. The van der Waals surface area contributed by atoms with E-state index < -0.39 is 5.92 Å². The molecule has 0 radical (unpaired) electrons. The highest BCUT2D eigenvalue weighted by Gasteiger charge is 2.35. The summed E-state index contributed by atoms with van der Waals surface area (Å²) in [5.41, 5.74) is 2.83. The van der Waals surface area contributed by atoms with E-state index in [0.717, 1.165) is 22.6 Å². The van der Waals surface area contributed by atoms with Crippen LogP contribution in [0.5, 0.6) is 0 Å². The molecule has 1 aromatic carbocycles. The van der Waals surface area contributed by atoms with Gasteiger partial charge in [0.25, 0.3) is 5.56 Å². The second kappa shape index (κ2) is 8.78. The first-order valence-corrected chi connectivity index (χ1v) is 10.6. The fourth-order valence-corrected chi connectivity index (χ4v) is 3.80. The van der Waals surface area contributed by atoms with Crippen LogP contribution >= 0.6 is 0 Å². The Morgan fingerprint density at radius 2 is 1.94 bits per heavy atom. The Kier molecular flexibility index (Phi) is 5.89. The number of carbonyl (C=O) groups is 2. The highest BCUT2D eigenvalue weighted by atomic mass is 16.2. The van der Waals surface area contributed by atoms with Gasteiger partial charge in [-0.1, -0.05) is 6.07 Å². The third-order valence-electron chi connectivity index (χ3n) is 5.85. The second-order valence-corrected chi connectivity index (χ2v) is 8.06. The molecule has 166 valence electrons. The molecule has 1 N–H and O–H groups in total. The third-order valence-corrected chi connectivity index (χ3v) is 5.85. The number of aromatic nitrogens is 4. The van der Waals surface area contributed by atoms with Gasteiger partial charge < -0.3 is 10.2 Å². The van der Waals surface area contributed by atoms with Gasteiger partial charge >= 0.3 is 0 Å². The maximum atomic E-state index is 12.7. The zero-order valence-corrected chi connectivity index (χ0v) is 18.4. The number of carbonyl (C=O) groups excluding carboxylic acids is 2. The van der Waals surface area contributed by atoms with Crippen LogP contribution in [0.15, 0.2) is 47.5 Å². The predicted octanol–water partition coefficient (Wildman–Crippen LogP) is 1.52. The predicted molar refractivity (Wildman–Crippen MR) is 120 cm³/mol. The van der Waals surface area contributed by atoms with Crippen molar-refractivity contribution < 1.29 is 9.59 Å². The quantitative estimate of drug-likeness (QED) is 0.634. The van der Waals surface area contributed by atoms with Crippen molar-refractivity contribution in [2.75, 3.05) is 18.0 Å². The van der Waals surface area contributed by atoms with E-state index in [4.69, 9.17) is 0 Å². The van der Waals surface area contributed by atoms with Gasteiger partial charge in [-0.3, -0.25) is 19.0 Å². The van der Waals surface area contributed by atoms with Crippen LogP contribution in [0.4, 0.5) is 5.69 Å². The van der Waals surface area contributed by atoms with Crippen molar-refractivity contribution in [2.24, 2.45) is 5.92 Å². The lowest BCUT2D eigenvalue weighted by Gasteiger charge is -2.18. The number of hydrogen-bond donors (Lipinski definition) is 1. The lowest BCUT2D eigenvalue weighted by molar-refractivity contribution is -0.126. The molecule has 2 amide bonds. The van der Waals surface area contributed by atoms with Gasteiger partial charge in [-0.2, -0.15) is 5.10 Å². The lowest BCUT2D eigenvalue weighted by Crippen LogP contribution is -2.36. The molecule has 1 saturated heterocycles. The number of nitrogens with zero attached hydrogens (tertiary/aromatic N) is 5. The van der Waals surface area contributed by atoms with E-state index in [9.17, 15) is 14.4 Å². The number of nitrogens with one attached hydrogen (secondary N) is 1. The summed E-state index contributed by atoms with van der Waals surface area (Å²) in [7, 11) is 0. The second-order valence-electron chi connectivity index (χ2n) is 8.06. The molecular weight excluding hydrogens is 408 g/mol. The van der Waals surface area contributed by atoms with Gasteiger partial charge in [0.05, 0.1) is 12.5 Å². The SMILES string of the molecule is Cc1ccc(N2CC(C(=O)NCCn3nc(-n4ccnc4C)ccc3=O)CC2=O)cc1C. The van der Waals surface area contributed by atoms with Crippen LogP contribution in [-0.2, 0) is 16.1 Å². The summed E-state index contributed by atoms with van der Waals surface area (Å²) in [6, 6.07) is 8.95. The highest BCUT2D eigenvalue weighted by molar-refractivity contribution is 6.00. The largest absolute Gasteiger partial charge is 0.354 e. The Labute approximate surface area is 185 Å². The molecule has 0 saturated carbocycles. The van der Waals surface area contributed by atoms with Crippen LogP contribution in [0, 0.1) is 26.7 Å². The lowest BCUT2D eigenvalue weighted by atomic mass is 10.1. The molecular formula is C23H26N6O3. The summed E-state index contributed by atoms with van der Waals surface area (Å²) in [5.74, 6) is 0.661. The smallest absolute Gasteiger partial charge is 0.266 e. The van der Waals surface area contributed by atoms with Crippen molar-refractivity contribution in [3.8, 4) is 5.82 Å². The van der Waals surface area contributed by atoms with Gasteiger partial charge in [-0.15, -0.1) is 0 Å². The van der Waals surface area contributed by atoms with Crippen molar-refractivity contribution in [3.05, 3.63) is 70.0 Å². The minimum Gasteiger partial charge on any atom is -0.354 e. The molecule has 9 heteroatoms. The molecule has 0 bridgehead atoms. The molecule has 2 aromatic heterocycles. The minimum absolute atomic E-state index is 0.0605. The van der Waals surface area contributed by atoms with Crippen molar-refractivity contribution in [3.63, 3.8) is 0 Å². The van der Waals surface area contributed by atoms with Crippen LogP contribution < -0.4 is 15.8 Å². The maximum absolute atomic E-state index is 12.7. The summed E-state index contributed by atoms with van der Waals surface area (Å²) < 4.78 is 3.09. The Hall–Kier alpha value is -3.75. The van der Waals surface area contributed by atoms with Crippen LogP contribution in [0.25, 0.3) is 5.82 Å². The highest BCUT2D eigenvalue weighted by Crippen LogP contribution is 2.26. The van der Waals surface area contributed by atoms with Gasteiger partial charge in [-0.25, -0.2) is 9.67 Å². The molecule has 1 fully saturated rings. The van der Waals surface area contributed by atoms with Gasteiger partial charge in [0.2, 0.25) is 11.8 Å². The number of anilines is 1. The van der Waals surface area contributed by atoms with Crippen LogP contribution in [-0.4, -0.2) is 44.2 Å². The summed E-state index contributed by atoms with van der Waals surface area (Å²) in [4.78, 5) is 43.1. The van der Waals surface area contributed by atoms with Crippen molar-refractivity contribution in [2.45, 2.75) is 33.7 Å². The number of benzene rings is 1. The monoisotopic (exact) mass is 434 g/mol. The van der Waals surface area contributed by atoms with Crippen LogP contribution in [0.3, 0.4) is 0 Å². The molecule has 4 rings (SSSR count). The first kappa shape index (κ1) is 21.5. The summed E-state index contributed by atoms with van der Waals surface area (Å²) >= 11 is 0. The molecule has 1 aliphatic heterocycles. The Morgan fingerprint density at radius 1 is 1.12 bits per heavy atom. The van der Waals surface area contributed by atoms with E-state index in [0.29, 0.717) is 12.4 Å². The first-order chi connectivity index (χ1) is 15.3. The number of aryl methyl sites for hydroxylation is 3. The van der Waals surface area contributed by atoms with E-state index in [-0.39, 0.29) is 36.9 Å². The van der Waals surface area contributed by atoms with E-state index in [2.05, 4.69) is 15.4 Å². The van der Waals surface area contributed by atoms with Gasteiger partial charge in [0, 0.05) is 43.7 Å². The molecule has 9 nitrogen and oxygen atoms in total. The summed E-state index contributed by atoms with van der Waals surface area (Å²) in [6.45, 7) is 6.69. The average molecular weight is 435 g/mol. The number of amides is 2. The van der Waals surface area contributed by atoms with Gasteiger partial charge in [0.1, 0.15) is 5.82 Å². The zero-order chi connectivity index (χ0) is 22.8. The molecule has 3 heterocycles. The first-order valence-electron chi connectivity index (χ1n) is 10.6. The van der Waals surface area contributed by atoms with E-state index in [1.807, 2.05) is 39.0 Å². The third kappa shape index (κ3) is 4.32. The zero-order valence-electron chi connectivity index (χ0n) is 18.4. The molecule has 3 aromatic rings. The Bertz CT molecular complexity index is 1230. The van der Waals surface area contributed by atoms with Crippen molar-refractivity contribution in [1.82, 2.24) is 24.6 Å². The van der Waals surface area contributed by atoms with E-state index >= 15 is 0 Å². The maximum Gasteiger partial charge on any atom is 0.266 e. The fraction of sp³-hybridized carbons (Fsp3) is 0.348. The number of hydrogen-bond acceptors (Lipinski definition) is 5. The molecule has 1 atom stereocenters. The van der Waals surface area contributed by atoms with E-state index in [1.165, 1.54) is 10.7 Å². The minimum atomic E-state index is -0.422. The fourth-order valence-electron chi connectivity index (χ4n) is 3.80. The summed E-state index contributed by atoms with van der Waals surface area (Å²) in [5, 5.41) is 7.20. The summed E-state index contributed by atoms with van der Waals surface area (Å²) in [6.07, 6.45) is 3.61. The van der Waals surface area contributed by atoms with Gasteiger partial charge in [-0.05, 0) is 50.1 Å². The molecule has 1 unspecified atom stereocenters. The van der Waals surface area contributed by atoms with Crippen LogP contribution in [0.2, 0.25) is 0 Å². The topological polar surface area (TPSA) is 102 Å². The van der Waals surface area contributed by atoms with Crippen molar-refractivity contribution >= 4 is 17.5 Å². The average Bonchev–Trinajstić information content (AvgIpc) is 3.37. The Balaban J connectivity index is 1.36. The molecule has 32 heavy (non-hydrogen) atoms. The molecule has 0 aliphatic carbocycles. The standard InChI is InChI=1S/C23H26N6O3/c1-15-4-5-19(12-16(15)2)28-14-18(13-22(28)31)23(32)25-9-11-29-21(30)7-6-20(26-29)27-10-8-24-17(27)3/h4-8,10,12,18H,9,11,13-14H2,1-3H3,(H,25,32). The van der Waals surface area contributed by atoms with Crippen molar-refractivity contribution in [1.29, 1.82) is 0 Å². The van der Waals surface area contributed by atoms with Crippen LogP contribution in [0.1, 0.15) is 23.4 Å². The number of imidazole rings is 1. The molecule has 0 spiro atoms. The van der Waals surface area contributed by atoms with Gasteiger partial charge in [0.15, 0.2) is 5.82 Å².